The molecule has 1 saturated heterocycles. The molecule has 0 N–H and O–H groups in total. The van der Waals surface area contributed by atoms with E-state index in [-0.39, 0.29) is 18.4 Å². The molecular weight excluding hydrogens is 443 g/mol. The van der Waals surface area contributed by atoms with Gasteiger partial charge >= 0.3 is 6.18 Å². The molecule has 3 aromatic rings. The first-order valence-corrected chi connectivity index (χ1v) is 12.3. The first kappa shape index (κ1) is 23.6. The number of fused-ring (bicyclic) bond motifs is 1. The van der Waals surface area contributed by atoms with E-state index in [0.717, 1.165) is 35.2 Å². The molecule has 0 aromatic heterocycles. The van der Waals surface area contributed by atoms with Gasteiger partial charge in [0.25, 0.3) is 0 Å². The van der Waals surface area contributed by atoms with Gasteiger partial charge in [-0.05, 0) is 53.5 Å². The van der Waals surface area contributed by atoms with Crippen LogP contribution in [0.15, 0.2) is 103 Å². The van der Waals surface area contributed by atoms with E-state index >= 15 is 0 Å². The molecule has 1 aliphatic heterocycles. The predicted octanol–water partition coefficient (Wildman–Crippen LogP) is 7.87. The van der Waals surface area contributed by atoms with E-state index in [1.807, 2.05) is 97.1 Å². The van der Waals surface area contributed by atoms with Crippen LogP contribution in [0, 0.1) is 17.8 Å². The molecule has 180 valence electrons. The standard InChI is InChI=1S/C31H30F3N/c32-31(33,34)28-18-17-26(25-14-8-3-9-15-25)27-20-21-35(22-24-12-6-2-7-13-24)29(30(27)28)19-16-23-10-4-1-5-11-23/h1-17,19,27-30H,18,20-22H2/b19-16+/t27-,28+,29+,30-/m0/s1. The second-order valence-electron chi connectivity index (χ2n) is 9.60. The number of alkyl halides is 3. The molecule has 1 fully saturated rings. The van der Waals surface area contributed by atoms with Gasteiger partial charge in [-0.3, -0.25) is 4.90 Å². The minimum atomic E-state index is -4.24. The number of nitrogens with zero attached hydrogens (tertiary/aromatic N) is 1. The zero-order valence-corrected chi connectivity index (χ0v) is 19.6. The van der Waals surface area contributed by atoms with E-state index in [1.54, 1.807) is 0 Å². The van der Waals surface area contributed by atoms with Crippen LogP contribution in [-0.4, -0.2) is 23.7 Å². The van der Waals surface area contributed by atoms with Gasteiger partial charge in [-0.2, -0.15) is 13.2 Å². The van der Waals surface area contributed by atoms with Gasteiger partial charge in [0.1, 0.15) is 0 Å². The molecule has 0 spiro atoms. The number of allylic oxidation sites excluding steroid dienone is 2. The van der Waals surface area contributed by atoms with Crippen molar-refractivity contribution in [2.75, 3.05) is 6.54 Å². The average molecular weight is 474 g/mol. The van der Waals surface area contributed by atoms with E-state index in [0.29, 0.717) is 6.54 Å². The van der Waals surface area contributed by atoms with Crippen molar-refractivity contribution in [3.05, 3.63) is 120 Å². The Labute approximate surface area is 205 Å². The smallest absolute Gasteiger partial charge is 0.292 e. The lowest BCUT2D eigenvalue weighted by atomic mass is 9.63. The van der Waals surface area contributed by atoms with Gasteiger partial charge in [0.05, 0.1) is 5.92 Å². The third-order valence-electron chi connectivity index (χ3n) is 7.51. The van der Waals surface area contributed by atoms with Crippen LogP contribution in [0.4, 0.5) is 13.2 Å². The fraction of sp³-hybridized carbons (Fsp3) is 0.290. The highest BCUT2D eigenvalue weighted by Gasteiger charge is 2.53. The summed E-state index contributed by atoms with van der Waals surface area (Å²) in [5.41, 5.74) is 4.26. The van der Waals surface area contributed by atoms with Gasteiger partial charge in [-0.25, -0.2) is 0 Å². The Morgan fingerprint density at radius 2 is 1.46 bits per heavy atom. The van der Waals surface area contributed by atoms with E-state index in [4.69, 9.17) is 0 Å². The molecule has 0 radical (unpaired) electrons. The van der Waals surface area contributed by atoms with Crippen LogP contribution in [0.1, 0.15) is 29.5 Å². The van der Waals surface area contributed by atoms with Crippen molar-refractivity contribution in [3.8, 4) is 0 Å². The second kappa shape index (κ2) is 10.2. The van der Waals surface area contributed by atoms with Crippen molar-refractivity contribution in [3.63, 3.8) is 0 Å². The van der Waals surface area contributed by atoms with E-state index < -0.39 is 18.0 Å². The average Bonchev–Trinajstić information content (AvgIpc) is 2.88. The Morgan fingerprint density at radius 3 is 2.11 bits per heavy atom. The maximum atomic E-state index is 14.5. The Bertz CT molecular complexity index is 1150. The number of benzene rings is 3. The third-order valence-corrected chi connectivity index (χ3v) is 7.51. The molecule has 1 aliphatic carbocycles. The molecule has 0 saturated carbocycles. The molecule has 3 aromatic carbocycles. The van der Waals surface area contributed by atoms with Crippen LogP contribution < -0.4 is 0 Å². The second-order valence-corrected chi connectivity index (χ2v) is 9.60. The zero-order chi connectivity index (χ0) is 24.3. The Morgan fingerprint density at radius 1 is 0.829 bits per heavy atom. The number of halogens is 3. The number of rotatable bonds is 5. The third kappa shape index (κ3) is 5.28. The molecule has 35 heavy (non-hydrogen) atoms. The molecule has 0 unspecified atom stereocenters. The first-order chi connectivity index (χ1) is 17.0. The monoisotopic (exact) mass is 473 g/mol. The summed E-state index contributed by atoms with van der Waals surface area (Å²) < 4.78 is 43.4. The highest BCUT2D eigenvalue weighted by atomic mass is 19.4. The molecular formula is C31H30F3N. The van der Waals surface area contributed by atoms with Gasteiger partial charge in [0.2, 0.25) is 0 Å². The van der Waals surface area contributed by atoms with Crippen molar-refractivity contribution < 1.29 is 13.2 Å². The Balaban J connectivity index is 1.56. The Kier molecular flexibility index (Phi) is 6.92. The van der Waals surface area contributed by atoms with E-state index in [2.05, 4.69) is 17.0 Å². The fourth-order valence-electron chi connectivity index (χ4n) is 5.91. The van der Waals surface area contributed by atoms with Gasteiger partial charge in [-0.1, -0.05) is 109 Å². The highest BCUT2D eigenvalue weighted by molar-refractivity contribution is 5.69. The van der Waals surface area contributed by atoms with E-state index in [9.17, 15) is 13.2 Å². The molecule has 0 bridgehead atoms. The minimum Gasteiger partial charge on any atom is -0.292 e. The van der Waals surface area contributed by atoms with Crippen LogP contribution in [0.3, 0.4) is 0 Å². The maximum absolute atomic E-state index is 14.5. The van der Waals surface area contributed by atoms with Gasteiger partial charge in [0, 0.05) is 12.6 Å². The van der Waals surface area contributed by atoms with Crippen molar-refractivity contribution in [1.29, 1.82) is 0 Å². The van der Waals surface area contributed by atoms with Gasteiger partial charge in [-0.15, -0.1) is 0 Å². The summed E-state index contributed by atoms with van der Waals surface area (Å²) in [6.07, 6.45) is 2.40. The summed E-state index contributed by atoms with van der Waals surface area (Å²) in [5, 5.41) is 0. The molecule has 4 heteroatoms. The maximum Gasteiger partial charge on any atom is 0.392 e. The largest absolute Gasteiger partial charge is 0.392 e. The lowest BCUT2D eigenvalue weighted by molar-refractivity contribution is -0.201. The quantitative estimate of drug-likeness (QED) is 0.364. The zero-order valence-electron chi connectivity index (χ0n) is 19.6. The van der Waals surface area contributed by atoms with Crippen LogP contribution in [0.25, 0.3) is 11.6 Å². The lowest BCUT2D eigenvalue weighted by Gasteiger charge is -2.50. The van der Waals surface area contributed by atoms with Crippen molar-refractivity contribution in [1.82, 2.24) is 4.90 Å². The minimum absolute atomic E-state index is 0.0315. The summed E-state index contributed by atoms with van der Waals surface area (Å²) >= 11 is 0. The SMILES string of the molecule is FC(F)(F)[C@@H]1CC=C(c2ccccc2)[C@@H]2CCN(Cc3ccccc3)[C@H](/C=C/c3ccccc3)[C@H]12. The van der Waals surface area contributed by atoms with Crippen LogP contribution >= 0.6 is 0 Å². The number of hydrogen-bond donors (Lipinski definition) is 0. The first-order valence-electron chi connectivity index (χ1n) is 12.3. The predicted molar refractivity (Wildman–Crippen MR) is 136 cm³/mol. The van der Waals surface area contributed by atoms with Crippen molar-refractivity contribution in [2.45, 2.75) is 31.6 Å². The molecule has 1 heterocycles. The normalized spacial score (nSPS) is 25.3. The summed E-state index contributed by atoms with van der Waals surface area (Å²) in [6, 6.07) is 29.6. The summed E-state index contributed by atoms with van der Waals surface area (Å²) in [6.45, 7) is 1.40. The molecule has 1 nitrogen and oxygen atoms in total. The van der Waals surface area contributed by atoms with Crippen molar-refractivity contribution in [2.24, 2.45) is 17.8 Å². The highest BCUT2D eigenvalue weighted by Crippen LogP contribution is 2.52. The van der Waals surface area contributed by atoms with Crippen LogP contribution in [-0.2, 0) is 6.54 Å². The van der Waals surface area contributed by atoms with Crippen LogP contribution in [0.2, 0.25) is 0 Å². The van der Waals surface area contributed by atoms with E-state index in [1.165, 1.54) is 0 Å². The summed E-state index contributed by atoms with van der Waals surface area (Å²) in [7, 11) is 0. The molecule has 0 amide bonds. The lowest BCUT2D eigenvalue weighted by Crippen LogP contribution is -2.54. The number of hydrogen-bond acceptors (Lipinski definition) is 1. The molecule has 5 rings (SSSR count). The topological polar surface area (TPSA) is 3.24 Å². The van der Waals surface area contributed by atoms with Gasteiger partial charge < -0.3 is 0 Å². The summed E-state index contributed by atoms with van der Waals surface area (Å²) in [5.74, 6) is -2.02. The molecule has 4 atom stereocenters. The number of likely N-dealkylation sites (tertiary alicyclic amines) is 1. The summed E-state index contributed by atoms with van der Waals surface area (Å²) in [4.78, 5) is 2.25. The molecule has 2 aliphatic rings. The van der Waals surface area contributed by atoms with Crippen LogP contribution in [0.5, 0.6) is 0 Å². The van der Waals surface area contributed by atoms with Crippen molar-refractivity contribution >= 4 is 11.6 Å². The Hall–Kier alpha value is -3.11. The fourth-order valence-corrected chi connectivity index (χ4v) is 5.91. The number of piperidine rings is 1. The van der Waals surface area contributed by atoms with Gasteiger partial charge in [0.15, 0.2) is 0 Å².